The number of carbonyl (C=O) groups excluding carboxylic acids is 1. The number of amidine groups is 1. The summed E-state index contributed by atoms with van der Waals surface area (Å²) in [5, 5.41) is 0.919. The molecule has 0 saturated carbocycles. The molecule has 0 spiro atoms. The maximum atomic E-state index is 12.9. The van der Waals surface area contributed by atoms with Crippen LogP contribution < -0.4 is 9.64 Å². The highest BCUT2D eigenvalue weighted by Gasteiger charge is 2.21. The fourth-order valence-electron chi connectivity index (χ4n) is 2.88. The molecule has 0 aromatic heterocycles. The molecule has 144 valence electrons. The summed E-state index contributed by atoms with van der Waals surface area (Å²) in [5.41, 5.74) is 2.73. The van der Waals surface area contributed by atoms with Crippen LogP contribution in [0.25, 0.3) is 0 Å². The predicted molar refractivity (Wildman–Crippen MR) is 120 cm³/mol. The summed E-state index contributed by atoms with van der Waals surface area (Å²) < 4.78 is 5.53. The molecule has 1 heterocycles. The number of carbonyl (C=O) groups is 1. The molecule has 3 rings (SSSR count). The molecule has 0 saturated heterocycles. The van der Waals surface area contributed by atoms with Crippen LogP contribution in [0.15, 0.2) is 53.5 Å². The van der Waals surface area contributed by atoms with Gasteiger partial charge in [-0.05, 0) is 50.1 Å². The van der Waals surface area contributed by atoms with Crippen molar-refractivity contribution in [3.8, 4) is 5.75 Å². The maximum Gasteiger partial charge on any atom is 0.182 e. The summed E-state index contributed by atoms with van der Waals surface area (Å²) >= 11 is 1.71. The molecule has 2 aromatic rings. The smallest absolute Gasteiger partial charge is 0.182 e. The Kier molecular flexibility index (Phi) is 8.38. The lowest BCUT2D eigenvalue weighted by atomic mass is 10.0. The molecule has 0 aliphatic carbocycles. The maximum absolute atomic E-state index is 12.9. The molecule has 1 aliphatic heterocycles. The summed E-state index contributed by atoms with van der Waals surface area (Å²) in [7, 11) is 0. The van der Waals surface area contributed by atoms with E-state index in [0.717, 1.165) is 46.4 Å². The fourth-order valence-corrected chi connectivity index (χ4v) is 3.85. The standard InChI is InChI=1S/C21H24N2O2S.BrH/c1-3-25-18-11-9-17(10-12-18)23(21-22-13-6-14-26-21)15-20(24)19-8-5-4-7-16(19)2;/h4-5,7-12H,3,6,13-15H2,1-2H3;1H. The summed E-state index contributed by atoms with van der Waals surface area (Å²) in [5.74, 6) is 1.97. The van der Waals surface area contributed by atoms with Crippen LogP contribution in [-0.2, 0) is 0 Å². The minimum absolute atomic E-state index is 0. The number of thioether (sulfide) groups is 1. The van der Waals surface area contributed by atoms with Crippen molar-refractivity contribution in [1.82, 2.24) is 0 Å². The quantitative estimate of drug-likeness (QED) is 0.572. The second-order valence-corrected chi connectivity index (χ2v) is 7.18. The zero-order chi connectivity index (χ0) is 18.4. The molecule has 0 amide bonds. The molecule has 4 nitrogen and oxygen atoms in total. The van der Waals surface area contributed by atoms with Gasteiger partial charge in [-0.1, -0.05) is 36.0 Å². The van der Waals surface area contributed by atoms with E-state index in [4.69, 9.17) is 4.74 Å². The molecule has 0 fully saturated rings. The first-order valence-electron chi connectivity index (χ1n) is 8.95. The predicted octanol–water partition coefficient (Wildman–Crippen LogP) is 5.15. The summed E-state index contributed by atoms with van der Waals surface area (Å²) in [4.78, 5) is 19.6. The number of anilines is 1. The molecule has 2 aromatic carbocycles. The third kappa shape index (κ3) is 5.59. The average Bonchev–Trinajstić information content (AvgIpc) is 2.68. The second-order valence-electron chi connectivity index (χ2n) is 6.12. The number of ketones is 1. The Hall–Kier alpha value is -1.79. The van der Waals surface area contributed by atoms with Gasteiger partial charge < -0.3 is 9.64 Å². The lowest BCUT2D eigenvalue weighted by Crippen LogP contribution is -2.35. The van der Waals surface area contributed by atoms with E-state index in [9.17, 15) is 4.79 Å². The Morgan fingerprint density at radius 2 is 1.93 bits per heavy atom. The van der Waals surface area contributed by atoms with Gasteiger partial charge in [0, 0.05) is 23.5 Å². The number of hydrogen-bond donors (Lipinski definition) is 0. The van der Waals surface area contributed by atoms with E-state index in [0.29, 0.717) is 6.61 Å². The summed E-state index contributed by atoms with van der Waals surface area (Å²) in [6, 6.07) is 15.6. The van der Waals surface area contributed by atoms with Gasteiger partial charge in [0.05, 0.1) is 13.2 Å². The van der Waals surface area contributed by atoms with Crippen molar-refractivity contribution in [3.63, 3.8) is 0 Å². The molecule has 0 radical (unpaired) electrons. The average molecular weight is 449 g/mol. The third-order valence-corrected chi connectivity index (χ3v) is 5.32. The molecule has 6 heteroatoms. The molecule has 0 N–H and O–H groups in total. The van der Waals surface area contributed by atoms with Crippen molar-refractivity contribution in [2.45, 2.75) is 20.3 Å². The molecule has 1 aliphatic rings. The van der Waals surface area contributed by atoms with E-state index in [1.807, 2.05) is 67.3 Å². The SMILES string of the molecule is Br.CCOc1ccc(N(CC(=O)c2ccccc2C)C2=NCCCS2)cc1. The summed E-state index contributed by atoms with van der Waals surface area (Å²) in [6.07, 6.45) is 1.08. The monoisotopic (exact) mass is 448 g/mol. The van der Waals surface area contributed by atoms with Crippen LogP contribution in [0.5, 0.6) is 5.75 Å². The minimum Gasteiger partial charge on any atom is -0.494 e. The molecule has 0 unspecified atom stereocenters. The third-order valence-electron chi connectivity index (χ3n) is 4.22. The van der Waals surface area contributed by atoms with Crippen LogP contribution in [0, 0.1) is 6.92 Å². The van der Waals surface area contributed by atoms with Crippen molar-refractivity contribution in [1.29, 1.82) is 0 Å². The Bertz CT molecular complexity index is 793. The van der Waals surface area contributed by atoms with Crippen LogP contribution in [0.2, 0.25) is 0 Å². The van der Waals surface area contributed by atoms with Gasteiger partial charge in [0.25, 0.3) is 0 Å². The number of rotatable bonds is 6. The highest BCUT2D eigenvalue weighted by Crippen LogP contribution is 2.25. The number of hydrogen-bond acceptors (Lipinski definition) is 5. The van der Waals surface area contributed by atoms with Crippen molar-refractivity contribution in [2.75, 3.05) is 30.3 Å². The minimum atomic E-state index is 0. The number of nitrogens with zero attached hydrogens (tertiary/aromatic N) is 2. The van der Waals surface area contributed by atoms with Crippen molar-refractivity contribution in [2.24, 2.45) is 4.99 Å². The molecule has 0 bridgehead atoms. The Morgan fingerprint density at radius 1 is 1.19 bits per heavy atom. The normalized spacial score (nSPS) is 13.3. The van der Waals surface area contributed by atoms with Crippen LogP contribution >= 0.6 is 28.7 Å². The van der Waals surface area contributed by atoms with Crippen LogP contribution in [0.3, 0.4) is 0 Å². The lowest BCUT2D eigenvalue weighted by molar-refractivity contribution is 0.100. The van der Waals surface area contributed by atoms with Crippen LogP contribution in [0.4, 0.5) is 5.69 Å². The van der Waals surface area contributed by atoms with Gasteiger partial charge >= 0.3 is 0 Å². The number of ether oxygens (including phenoxy) is 1. The van der Waals surface area contributed by atoms with Gasteiger partial charge in [-0.25, -0.2) is 0 Å². The van der Waals surface area contributed by atoms with E-state index in [2.05, 4.69) is 4.99 Å². The Morgan fingerprint density at radius 3 is 2.56 bits per heavy atom. The molecular weight excluding hydrogens is 424 g/mol. The Labute approximate surface area is 175 Å². The number of aryl methyl sites for hydroxylation is 1. The van der Waals surface area contributed by atoms with Gasteiger partial charge in [-0.3, -0.25) is 9.79 Å². The van der Waals surface area contributed by atoms with E-state index >= 15 is 0 Å². The van der Waals surface area contributed by atoms with Gasteiger partial charge in [0.1, 0.15) is 5.75 Å². The highest BCUT2D eigenvalue weighted by atomic mass is 79.9. The first-order chi connectivity index (χ1) is 12.7. The van der Waals surface area contributed by atoms with Crippen LogP contribution in [0.1, 0.15) is 29.3 Å². The number of Topliss-reactive ketones (excluding diaryl/α,β-unsaturated/α-hetero) is 1. The summed E-state index contributed by atoms with van der Waals surface area (Å²) in [6.45, 7) is 5.67. The first-order valence-corrected chi connectivity index (χ1v) is 9.94. The van der Waals surface area contributed by atoms with Crippen molar-refractivity contribution >= 4 is 45.4 Å². The largest absolute Gasteiger partial charge is 0.494 e. The van der Waals surface area contributed by atoms with Gasteiger partial charge in [-0.15, -0.1) is 17.0 Å². The zero-order valence-electron chi connectivity index (χ0n) is 15.7. The lowest BCUT2D eigenvalue weighted by Gasteiger charge is -2.27. The number of benzene rings is 2. The van der Waals surface area contributed by atoms with Crippen molar-refractivity contribution < 1.29 is 9.53 Å². The van der Waals surface area contributed by atoms with E-state index < -0.39 is 0 Å². The second kappa shape index (κ2) is 10.5. The van der Waals surface area contributed by atoms with E-state index in [1.165, 1.54) is 0 Å². The number of halogens is 1. The molecule has 27 heavy (non-hydrogen) atoms. The number of aliphatic imine (C=N–C) groups is 1. The first kappa shape index (κ1) is 21.5. The molecular formula is C21H25BrN2O2S. The fraction of sp³-hybridized carbons (Fsp3) is 0.333. The molecule has 0 atom stereocenters. The van der Waals surface area contributed by atoms with Gasteiger partial charge in [0.15, 0.2) is 11.0 Å². The van der Waals surface area contributed by atoms with Crippen LogP contribution in [-0.4, -0.2) is 36.4 Å². The van der Waals surface area contributed by atoms with Gasteiger partial charge in [-0.2, -0.15) is 0 Å². The van der Waals surface area contributed by atoms with Gasteiger partial charge in [0.2, 0.25) is 0 Å². The van der Waals surface area contributed by atoms with Crippen molar-refractivity contribution in [3.05, 3.63) is 59.7 Å². The van der Waals surface area contributed by atoms with E-state index in [1.54, 1.807) is 11.8 Å². The topological polar surface area (TPSA) is 41.9 Å². The Balaban J connectivity index is 0.00000261. The highest BCUT2D eigenvalue weighted by molar-refractivity contribution is 8.93. The van der Waals surface area contributed by atoms with E-state index in [-0.39, 0.29) is 29.3 Å². The zero-order valence-corrected chi connectivity index (χ0v) is 18.2.